The van der Waals surface area contributed by atoms with Crippen molar-refractivity contribution in [3.8, 4) is 0 Å². The maximum Gasteiger partial charge on any atom is 0.329 e. The summed E-state index contributed by atoms with van der Waals surface area (Å²) in [5.74, 6) is -8.16. The molecule has 2 aliphatic heterocycles. The standard InChI is InChI=1S/C48H65N5O10/c1-27(2)41-48(62)63-30(6)35(26-38(54)29(5)49-43(57)28(3)4)44(58)51-42(33-19-20-33)39(55)25-34-21-23-40(56)53(46(34)60)36(22-18-31-14-10-8-11-15-31)47(61)52(7)37(45(59)50-41)24-32-16-12-9-13-17-32/h8-17,27-30,33-37,40-42,56H,18-26H2,1-7H3,(H,49,57)(H,50,59)(H,51,58)/t29-,30+,34+,35-,36-,37-,40+,41-,42-/m0/s1. The van der Waals surface area contributed by atoms with Crippen molar-refractivity contribution < 1.29 is 48.2 Å². The monoisotopic (exact) mass is 871 g/mol. The zero-order valence-corrected chi connectivity index (χ0v) is 37.6. The first kappa shape index (κ1) is 48.6. The number of ketones is 2. The van der Waals surface area contributed by atoms with Gasteiger partial charge >= 0.3 is 5.97 Å². The van der Waals surface area contributed by atoms with Gasteiger partial charge in [0.15, 0.2) is 11.6 Å². The molecule has 1 saturated carbocycles. The fraction of sp³-hybridized carbons (Fsp3) is 0.583. The number of ether oxygens (including phenoxy) is 1. The number of benzene rings is 2. The van der Waals surface area contributed by atoms with Crippen LogP contribution in [-0.2, 0) is 55.9 Å². The Morgan fingerprint density at radius 1 is 0.810 bits per heavy atom. The number of nitrogens with one attached hydrogen (secondary N) is 3. The van der Waals surface area contributed by atoms with E-state index in [1.807, 2.05) is 36.4 Å². The predicted octanol–water partition coefficient (Wildman–Crippen LogP) is 3.29. The molecule has 2 aromatic rings. The third kappa shape index (κ3) is 12.6. The van der Waals surface area contributed by atoms with Crippen LogP contribution < -0.4 is 16.0 Å². The Morgan fingerprint density at radius 2 is 1.43 bits per heavy atom. The molecule has 0 unspecified atom stereocenters. The molecule has 4 N–H and O–H groups in total. The molecule has 5 amide bonds. The molecule has 15 heteroatoms. The maximum atomic E-state index is 15.0. The van der Waals surface area contributed by atoms with Crippen molar-refractivity contribution in [2.45, 2.75) is 142 Å². The molecule has 3 fully saturated rings. The van der Waals surface area contributed by atoms with Crippen molar-refractivity contribution in [2.24, 2.45) is 29.6 Å². The Kier molecular flexibility index (Phi) is 16.8. The highest BCUT2D eigenvalue weighted by Crippen LogP contribution is 2.36. The van der Waals surface area contributed by atoms with Crippen LogP contribution in [0.25, 0.3) is 0 Å². The molecule has 0 radical (unpaired) electrons. The minimum atomic E-state index is -1.36. The zero-order chi connectivity index (χ0) is 46.1. The minimum absolute atomic E-state index is 0.0304. The van der Waals surface area contributed by atoms with Crippen molar-refractivity contribution in [1.82, 2.24) is 25.8 Å². The van der Waals surface area contributed by atoms with Crippen LogP contribution in [0, 0.1) is 29.6 Å². The summed E-state index contributed by atoms with van der Waals surface area (Å²) in [7, 11) is 1.46. The quantitative estimate of drug-likeness (QED) is 0.229. The van der Waals surface area contributed by atoms with Gasteiger partial charge in [-0.2, -0.15) is 0 Å². The number of aliphatic hydroxyl groups is 1. The lowest BCUT2D eigenvalue weighted by atomic mass is 9.86. The van der Waals surface area contributed by atoms with Crippen molar-refractivity contribution in [3.05, 3.63) is 71.8 Å². The zero-order valence-electron chi connectivity index (χ0n) is 37.6. The van der Waals surface area contributed by atoms with Gasteiger partial charge in [-0.25, -0.2) is 4.79 Å². The average molecular weight is 872 g/mol. The molecule has 2 bridgehead atoms. The Bertz CT molecular complexity index is 1970. The summed E-state index contributed by atoms with van der Waals surface area (Å²) < 4.78 is 5.94. The molecule has 342 valence electrons. The smallest absolute Gasteiger partial charge is 0.329 e. The molecule has 1 aliphatic carbocycles. The maximum absolute atomic E-state index is 15.0. The van der Waals surface area contributed by atoms with Gasteiger partial charge in [0.05, 0.1) is 18.0 Å². The second-order valence-electron chi connectivity index (χ2n) is 18.2. The Labute approximate surface area is 370 Å². The Balaban J connectivity index is 1.57. The summed E-state index contributed by atoms with van der Waals surface area (Å²) in [4.78, 5) is 115. The minimum Gasteiger partial charge on any atom is -0.460 e. The first-order chi connectivity index (χ1) is 29.9. The van der Waals surface area contributed by atoms with Crippen LogP contribution in [-0.4, -0.2) is 112 Å². The molecule has 0 spiro atoms. The highest BCUT2D eigenvalue weighted by atomic mass is 16.5. The highest BCUT2D eigenvalue weighted by Gasteiger charge is 2.47. The fourth-order valence-electron chi connectivity index (χ4n) is 8.41. The number of aliphatic hydroxyl groups excluding tert-OH is 1. The topological polar surface area (TPSA) is 209 Å². The summed E-state index contributed by atoms with van der Waals surface area (Å²) in [6, 6.07) is 12.7. The molecular formula is C48H65N5O10. The second-order valence-corrected chi connectivity index (χ2v) is 18.2. The van der Waals surface area contributed by atoms with E-state index in [0.29, 0.717) is 24.8 Å². The molecule has 2 aromatic carbocycles. The van der Waals surface area contributed by atoms with E-state index in [2.05, 4.69) is 16.0 Å². The normalized spacial score (nSPS) is 27.5. The van der Waals surface area contributed by atoms with E-state index >= 15 is 0 Å². The summed E-state index contributed by atoms with van der Waals surface area (Å²) in [6.07, 6.45) is -1.35. The van der Waals surface area contributed by atoms with Gasteiger partial charge < -0.3 is 35.6 Å². The third-order valence-electron chi connectivity index (χ3n) is 12.7. The van der Waals surface area contributed by atoms with Crippen molar-refractivity contribution in [3.63, 3.8) is 0 Å². The molecule has 9 atom stereocenters. The first-order valence-corrected chi connectivity index (χ1v) is 22.4. The first-order valence-electron chi connectivity index (χ1n) is 22.4. The average Bonchev–Trinajstić information content (AvgIpc) is 4.10. The van der Waals surface area contributed by atoms with Gasteiger partial charge in [-0.1, -0.05) is 88.4 Å². The molecular weight excluding hydrogens is 807 g/mol. The number of carbonyl (C=O) groups is 8. The van der Waals surface area contributed by atoms with Gasteiger partial charge in [-0.15, -0.1) is 0 Å². The Morgan fingerprint density at radius 3 is 2.02 bits per heavy atom. The van der Waals surface area contributed by atoms with E-state index in [-0.39, 0.29) is 43.9 Å². The number of amides is 5. The molecule has 5 rings (SSSR count). The van der Waals surface area contributed by atoms with Crippen molar-refractivity contribution in [2.75, 3.05) is 7.05 Å². The number of esters is 1. The molecule has 15 nitrogen and oxygen atoms in total. The number of Topliss-reactive ketones (excluding diaryl/α,β-unsaturated/α-hetero) is 2. The molecule has 0 aromatic heterocycles. The number of hydrogen-bond acceptors (Lipinski definition) is 10. The third-order valence-corrected chi connectivity index (χ3v) is 12.7. The van der Waals surface area contributed by atoms with Crippen LogP contribution in [0.15, 0.2) is 60.7 Å². The summed E-state index contributed by atoms with van der Waals surface area (Å²) in [5.41, 5.74) is 1.60. The van der Waals surface area contributed by atoms with Crippen LogP contribution in [0.3, 0.4) is 0 Å². The molecule has 3 aliphatic rings. The predicted molar refractivity (Wildman–Crippen MR) is 233 cm³/mol. The molecule has 63 heavy (non-hydrogen) atoms. The van der Waals surface area contributed by atoms with Crippen molar-refractivity contribution >= 4 is 47.1 Å². The van der Waals surface area contributed by atoms with Gasteiger partial charge in [0, 0.05) is 38.1 Å². The van der Waals surface area contributed by atoms with Gasteiger partial charge in [0.25, 0.3) is 0 Å². The lowest BCUT2D eigenvalue weighted by Gasteiger charge is -2.43. The number of piperidine rings is 1. The SMILES string of the molecule is CC(C)C(=O)N[C@@H](C)C(=O)C[C@@H]1C(=O)N[C@@H](C2CC2)C(=O)C[C@H]2CC[C@@H](O)N(C2=O)[C@@H](CCc2ccccc2)C(=O)N(C)[C@@H](Cc2ccccc2)C(=O)N[C@@H](C(C)C)C(=O)O[C@@H]1C. The van der Waals surface area contributed by atoms with Gasteiger partial charge in [0.1, 0.15) is 30.5 Å². The lowest BCUT2D eigenvalue weighted by molar-refractivity contribution is -0.168. The van der Waals surface area contributed by atoms with E-state index in [1.165, 1.54) is 25.8 Å². The highest BCUT2D eigenvalue weighted by molar-refractivity contribution is 5.98. The van der Waals surface area contributed by atoms with Crippen LogP contribution in [0.2, 0.25) is 0 Å². The number of cyclic esters (lactones) is 1. The fourth-order valence-corrected chi connectivity index (χ4v) is 8.41. The van der Waals surface area contributed by atoms with E-state index in [9.17, 15) is 43.5 Å². The number of nitrogens with zero attached hydrogens (tertiary/aromatic N) is 2. The van der Waals surface area contributed by atoms with E-state index < -0.39 is 114 Å². The number of likely N-dealkylation sites (N-methyl/N-ethyl adjacent to an activating group) is 1. The summed E-state index contributed by atoms with van der Waals surface area (Å²) >= 11 is 0. The van der Waals surface area contributed by atoms with Crippen molar-refractivity contribution in [1.29, 1.82) is 0 Å². The van der Waals surface area contributed by atoms with E-state index in [0.717, 1.165) is 10.5 Å². The number of carbonyl (C=O) groups excluding carboxylic acids is 8. The second kappa shape index (κ2) is 21.8. The number of fused-ring (bicyclic) bond motifs is 2. The Hall–Kier alpha value is -5.44. The summed E-state index contributed by atoms with van der Waals surface area (Å²) in [6.45, 7) is 9.72. The molecule has 2 saturated heterocycles. The number of aryl methyl sites for hydroxylation is 1. The van der Waals surface area contributed by atoms with Crippen LogP contribution in [0.4, 0.5) is 0 Å². The van der Waals surface area contributed by atoms with Gasteiger partial charge in [-0.3, -0.25) is 33.6 Å². The number of hydrogen-bond donors (Lipinski definition) is 4. The van der Waals surface area contributed by atoms with Gasteiger partial charge in [0.2, 0.25) is 29.5 Å². The van der Waals surface area contributed by atoms with E-state index in [4.69, 9.17) is 4.74 Å². The van der Waals surface area contributed by atoms with Crippen LogP contribution >= 0.6 is 0 Å². The van der Waals surface area contributed by atoms with Crippen LogP contribution in [0.5, 0.6) is 0 Å². The summed E-state index contributed by atoms with van der Waals surface area (Å²) in [5, 5.41) is 19.8. The number of rotatable bonds is 12. The largest absolute Gasteiger partial charge is 0.460 e. The lowest BCUT2D eigenvalue weighted by Crippen LogP contribution is -2.61. The van der Waals surface area contributed by atoms with Crippen LogP contribution in [0.1, 0.15) is 97.6 Å². The molecule has 2 heterocycles. The van der Waals surface area contributed by atoms with Gasteiger partial charge in [-0.05, 0) is 75.3 Å². The van der Waals surface area contributed by atoms with E-state index in [1.54, 1.807) is 52.0 Å².